The van der Waals surface area contributed by atoms with Crippen molar-refractivity contribution >= 4 is 17.7 Å². The number of aliphatic hydroxyl groups excluding tert-OH is 1. The molecule has 50 heavy (non-hydrogen) atoms. The summed E-state index contributed by atoms with van der Waals surface area (Å²) in [4.78, 5) is 30.1. The standard InChI is InChI=1S/C39H36N2O8S/c1-25-22-41(37(44)40-34(25)48-36(43)26-10-6-4-7-11-26)35-32-33(42)38(49-35,23-47-32)24-50-39(27-12-8-5-9-13-27,28-14-18-30(45-2)19-15-28)29-16-20-31(46-3)21-17-29/h4-22,32-33,35,42H,23-24H2,1-3H3/t32-,33?,35+,38+/m0/s1. The zero-order valence-electron chi connectivity index (χ0n) is 27.7. The van der Waals surface area contributed by atoms with Gasteiger partial charge in [-0.1, -0.05) is 72.8 Å². The van der Waals surface area contributed by atoms with Gasteiger partial charge in [-0.2, -0.15) is 4.98 Å². The van der Waals surface area contributed by atoms with Gasteiger partial charge in [-0.15, -0.1) is 11.8 Å². The summed E-state index contributed by atoms with van der Waals surface area (Å²) in [6.07, 6.45) is -1.29. The van der Waals surface area contributed by atoms with Gasteiger partial charge in [-0.25, -0.2) is 9.59 Å². The van der Waals surface area contributed by atoms with E-state index in [0.717, 1.165) is 28.2 Å². The number of aliphatic hydroxyl groups is 1. The topological polar surface area (TPSA) is 118 Å². The van der Waals surface area contributed by atoms with Crippen LogP contribution in [0.25, 0.3) is 0 Å². The number of hydrogen-bond acceptors (Lipinski definition) is 10. The highest BCUT2D eigenvalue weighted by Crippen LogP contribution is 2.54. The first kappa shape index (κ1) is 33.6. The van der Waals surface area contributed by atoms with E-state index < -0.39 is 40.4 Å². The molecule has 0 aliphatic carbocycles. The molecule has 0 amide bonds. The third-order valence-corrected chi connectivity index (χ3v) is 11.0. The number of fused-ring (bicyclic) bond motifs is 2. The molecule has 0 spiro atoms. The van der Waals surface area contributed by atoms with Gasteiger partial charge in [-0.05, 0) is 60.0 Å². The molecule has 2 bridgehead atoms. The molecule has 1 N–H and O–H groups in total. The molecule has 2 aliphatic rings. The smallest absolute Gasteiger partial charge is 0.353 e. The van der Waals surface area contributed by atoms with E-state index in [0.29, 0.717) is 16.9 Å². The number of thioether (sulfide) groups is 1. The Hall–Kier alpha value is -4.94. The van der Waals surface area contributed by atoms with Gasteiger partial charge in [0.15, 0.2) is 6.23 Å². The molecule has 11 heteroatoms. The monoisotopic (exact) mass is 692 g/mol. The van der Waals surface area contributed by atoms with Gasteiger partial charge >= 0.3 is 11.7 Å². The normalized spacial score (nSPS) is 21.2. The Morgan fingerprint density at radius 1 is 0.900 bits per heavy atom. The number of aromatic nitrogens is 2. The summed E-state index contributed by atoms with van der Waals surface area (Å²) < 4.78 is 29.7. The van der Waals surface area contributed by atoms with Crippen molar-refractivity contribution in [3.05, 3.63) is 154 Å². The molecule has 1 unspecified atom stereocenters. The Morgan fingerprint density at radius 3 is 2.04 bits per heavy atom. The summed E-state index contributed by atoms with van der Waals surface area (Å²) in [5.41, 5.74) is 1.94. The zero-order chi connectivity index (χ0) is 34.9. The molecule has 256 valence electrons. The van der Waals surface area contributed by atoms with Crippen LogP contribution in [0.4, 0.5) is 0 Å². The van der Waals surface area contributed by atoms with Crippen molar-refractivity contribution in [2.24, 2.45) is 0 Å². The van der Waals surface area contributed by atoms with Crippen LogP contribution in [0.3, 0.4) is 0 Å². The largest absolute Gasteiger partial charge is 0.497 e. The Morgan fingerprint density at radius 2 is 1.46 bits per heavy atom. The van der Waals surface area contributed by atoms with Crippen LogP contribution >= 0.6 is 11.8 Å². The quantitative estimate of drug-likeness (QED) is 0.140. The lowest BCUT2D eigenvalue weighted by Gasteiger charge is -2.39. The van der Waals surface area contributed by atoms with Gasteiger partial charge in [0.25, 0.3) is 0 Å². The van der Waals surface area contributed by atoms with Crippen LogP contribution in [0.2, 0.25) is 0 Å². The number of hydrogen-bond donors (Lipinski definition) is 1. The molecule has 5 aromatic rings. The van der Waals surface area contributed by atoms with Crippen LogP contribution in [0.1, 0.15) is 38.8 Å². The van der Waals surface area contributed by atoms with E-state index in [1.165, 1.54) is 10.8 Å². The number of esters is 1. The number of ether oxygens (including phenoxy) is 5. The molecule has 2 saturated heterocycles. The number of methoxy groups -OCH3 is 2. The Bertz CT molecular complexity index is 1970. The first-order chi connectivity index (χ1) is 24.3. The van der Waals surface area contributed by atoms with Gasteiger partial charge in [0.2, 0.25) is 5.88 Å². The van der Waals surface area contributed by atoms with E-state index in [9.17, 15) is 14.7 Å². The molecule has 3 heterocycles. The molecular formula is C39H36N2O8S. The van der Waals surface area contributed by atoms with Crippen LogP contribution in [0.5, 0.6) is 17.4 Å². The minimum absolute atomic E-state index is 0.0957. The second-order valence-electron chi connectivity index (χ2n) is 12.3. The van der Waals surface area contributed by atoms with E-state index in [-0.39, 0.29) is 12.5 Å². The van der Waals surface area contributed by atoms with E-state index >= 15 is 0 Å². The fourth-order valence-electron chi connectivity index (χ4n) is 6.60. The number of carbonyl (C=O) groups is 1. The summed E-state index contributed by atoms with van der Waals surface area (Å²) >= 11 is 1.61. The van der Waals surface area contributed by atoms with Gasteiger partial charge in [0.1, 0.15) is 29.3 Å². The van der Waals surface area contributed by atoms with Crippen LogP contribution in [-0.2, 0) is 14.2 Å². The predicted molar refractivity (Wildman–Crippen MR) is 188 cm³/mol. The fraction of sp³-hybridized carbons (Fsp3) is 0.256. The molecule has 10 nitrogen and oxygen atoms in total. The lowest BCUT2D eigenvalue weighted by atomic mass is 9.84. The summed E-state index contributed by atoms with van der Waals surface area (Å²) in [7, 11) is 3.27. The van der Waals surface area contributed by atoms with Crippen LogP contribution < -0.4 is 19.9 Å². The molecular weight excluding hydrogens is 657 g/mol. The van der Waals surface area contributed by atoms with Crippen LogP contribution in [-0.4, -0.2) is 65.0 Å². The minimum Gasteiger partial charge on any atom is -0.497 e. The molecule has 2 fully saturated rings. The number of benzene rings is 4. The van der Waals surface area contributed by atoms with E-state index in [2.05, 4.69) is 17.1 Å². The number of aryl methyl sites for hydroxylation is 1. The van der Waals surface area contributed by atoms with Gasteiger partial charge in [0.05, 0.1) is 31.1 Å². The van der Waals surface area contributed by atoms with Crippen LogP contribution in [0, 0.1) is 6.92 Å². The zero-order valence-corrected chi connectivity index (χ0v) is 28.5. The molecule has 4 atom stereocenters. The maximum atomic E-state index is 13.4. The lowest BCUT2D eigenvalue weighted by molar-refractivity contribution is -0.165. The molecule has 1 aromatic heterocycles. The van der Waals surface area contributed by atoms with Crippen molar-refractivity contribution in [1.82, 2.24) is 9.55 Å². The third-order valence-electron chi connectivity index (χ3n) is 9.27. The summed E-state index contributed by atoms with van der Waals surface area (Å²) in [5.74, 6) is 1.05. The summed E-state index contributed by atoms with van der Waals surface area (Å²) in [6, 6.07) is 34.5. The maximum Gasteiger partial charge on any atom is 0.353 e. The highest BCUT2D eigenvalue weighted by molar-refractivity contribution is 8.00. The molecule has 7 rings (SSSR count). The highest BCUT2D eigenvalue weighted by Gasteiger charge is 2.62. The first-order valence-electron chi connectivity index (χ1n) is 16.1. The molecule has 0 saturated carbocycles. The SMILES string of the molecule is COc1ccc(C(SC[C@]23CO[C@@H](C2O)[C@H](n2cc(C)c(OC(=O)c4ccccc4)nc2=O)O3)(c2ccccc2)c2ccc(OC)cc2)cc1. The minimum atomic E-state index is -1.15. The number of rotatable bonds is 11. The number of carbonyl (C=O) groups excluding carboxylic acids is 1. The fourth-order valence-corrected chi connectivity index (χ4v) is 8.29. The van der Waals surface area contributed by atoms with Gasteiger partial charge in [0, 0.05) is 17.5 Å². The Labute approximate surface area is 293 Å². The van der Waals surface area contributed by atoms with Crippen molar-refractivity contribution in [2.45, 2.75) is 35.7 Å². The first-order valence-corrected chi connectivity index (χ1v) is 17.1. The second kappa shape index (κ2) is 13.8. The number of nitrogens with zero attached hydrogens (tertiary/aromatic N) is 2. The predicted octanol–water partition coefficient (Wildman–Crippen LogP) is 5.54. The van der Waals surface area contributed by atoms with Crippen molar-refractivity contribution in [2.75, 3.05) is 26.6 Å². The lowest BCUT2D eigenvalue weighted by Crippen LogP contribution is -2.45. The summed E-state index contributed by atoms with van der Waals surface area (Å²) in [5, 5.41) is 11.7. The Balaban J connectivity index is 1.22. The second-order valence-corrected chi connectivity index (χ2v) is 13.5. The summed E-state index contributed by atoms with van der Waals surface area (Å²) in [6.45, 7) is 1.82. The molecule has 4 aromatic carbocycles. The van der Waals surface area contributed by atoms with Crippen molar-refractivity contribution < 1.29 is 33.6 Å². The average Bonchev–Trinajstić information content (AvgIpc) is 3.62. The van der Waals surface area contributed by atoms with Crippen LogP contribution in [0.15, 0.2) is 120 Å². The highest BCUT2D eigenvalue weighted by atomic mass is 32.2. The van der Waals surface area contributed by atoms with Crippen molar-refractivity contribution in [1.29, 1.82) is 0 Å². The average molecular weight is 693 g/mol. The van der Waals surface area contributed by atoms with Gasteiger partial charge in [-0.3, -0.25) is 4.57 Å². The molecule has 2 aliphatic heterocycles. The van der Waals surface area contributed by atoms with Crippen molar-refractivity contribution in [3.8, 4) is 17.4 Å². The third kappa shape index (κ3) is 5.96. The Kier molecular flexibility index (Phi) is 9.23. The molecule has 0 radical (unpaired) electrons. The van der Waals surface area contributed by atoms with Crippen molar-refractivity contribution in [3.63, 3.8) is 0 Å². The van der Waals surface area contributed by atoms with E-state index in [1.54, 1.807) is 63.2 Å². The maximum absolute atomic E-state index is 13.4. The van der Waals surface area contributed by atoms with E-state index in [1.807, 2.05) is 66.7 Å². The van der Waals surface area contributed by atoms with E-state index in [4.69, 9.17) is 23.7 Å². The van der Waals surface area contributed by atoms with Gasteiger partial charge < -0.3 is 28.8 Å².